The molecular weight excluding hydrogens is 425 g/mol. The molecule has 6 nitrogen and oxygen atoms in total. The minimum absolute atomic E-state index is 0.0291. The Balaban J connectivity index is 1.70. The van der Waals surface area contributed by atoms with E-state index in [9.17, 15) is 22.8 Å². The van der Waals surface area contributed by atoms with Crippen molar-refractivity contribution in [1.82, 2.24) is 4.98 Å². The molecule has 162 valence electrons. The summed E-state index contributed by atoms with van der Waals surface area (Å²) in [6.45, 7) is 0. The fourth-order valence-corrected chi connectivity index (χ4v) is 3.14. The Kier molecular flexibility index (Phi) is 5.40. The molecule has 4 rings (SSSR count). The van der Waals surface area contributed by atoms with Gasteiger partial charge in [-0.25, -0.2) is 9.78 Å². The number of amides is 1. The van der Waals surface area contributed by atoms with Gasteiger partial charge in [0.2, 0.25) is 11.6 Å². The van der Waals surface area contributed by atoms with Crippen molar-refractivity contribution in [1.29, 1.82) is 0 Å². The molecule has 32 heavy (non-hydrogen) atoms. The number of hydrogen-bond acceptors (Lipinski definition) is 5. The number of nitrogens with zero attached hydrogens (tertiary/aromatic N) is 1. The molecule has 1 N–H and O–H groups in total. The molecule has 0 fully saturated rings. The molecule has 1 amide bonds. The highest BCUT2D eigenvalue weighted by atomic mass is 19.4. The van der Waals surface area contributed by atoms with Gasteiger partial charge in [0.15, 0.2) is 0 Å². The van der Waals surface area contributed by atoms with Gasteiger partial charge in [0.05, 0.1) is 29.4 Å². The highest BCUT2D eigenvalue weighted by Crippen LogP contribution is 2.32. The Morgan fingerprint density at radius 2 is 1.78 bits per heavy atom. The lowest BCUT2D eigenvalue weighted by atomic mass is 10.0. The van der Waals surface area contributed by atoms with Crippen LogP contribution in [-0.4, -0.2) is 24.0 Å². The van der Waals surface area contributed by atoms with Crippen LogP contribution in [0.15, 0.2) is 71.1 Å². The number of aromatic nitrogens is 1. The van der Waals surface area contributed by atoms with Crippen molar-refractivity contribution in [3.8, 4) is 11.3 Å². The molecule has 0 atom stereocenters. The lowest BCUT2D eigenvalue weighted by Crippen LogP contribution is -2.12. The number of alkyl halides is 3. The summed E-state index contributed by atoms with van der Waals surface area (Å²) in [5.41, 5.74) is 0.259. The topological polar surface area (TPSA) is 81.4 Å². The maximum Gasteiger partial charge on any atom is 0.416 e. The van der Waals surface area contributed by atoms with Crippen LogP contribution in [0.3, 0.4) is 0 Å². The number of fused-ring (bicyclic) bond motifs is 1. The molecule has 2 aromatic carbocycles. The van der Waals surface area contributed by atoms with Crippen molar-refractivity contribution in [2.24, 2.45) is 0 Å². The van der Waals surface area contributed by atoms with Gasteiger partial charge in [-0.05, 0) is 30.3 Å². The summed E-state index contributed by atoms with van der Waals surface area (Å²) in [5.74, 6) is -1.30. The van der Waals surface area contributed by atoms with E-state index in [0.717, 1.165) is 12.1 Å². The van der Waals surface area contributed by atoms with Gasteiger partial charge in [0.25, 0.3) is 5.91 Å². The summed E-state index contributed by atoms with van der Waals surface area (Å²) < 4.78 is 49.0. The predicted molar refractivity (Wildman–Crippen MR) is 110 cm³/mol. The van der Waals surface area contributed by atoms with Crippen LogP contribution >= 0.6 is 0 Å². The molecule has 0 unspecified atom stereocenters. The van der Waals surface area contributed by atoms with Gasteiger partial charge in [-0.1, -0.05) is 30.3 Å². The van der Waals surface area contributed by atoms with Crippen molar-refractivity contribution < 1.29 is 31.9 Å². The van der Waals surface area contributed by atoms with Crippen LogP contribution in [0.25, 0.3) is 22.2 Å². The third kappa shape index (κ3) is 4.18. The van der Waals surface area contributed by atoms with Crippen LogP contribution in [0, 0.1) is 0 Å². The molecule has 4 aromatic rings. The fourth-order valence-electron chi connectivity index (χ4n) is 3.14. The lowest BCUT2D eigenvalue weighted by Gasteiger charge is -2.10. The molecule has 2 aromatic heterocycles. The Labute approximate surface area is 179 Å². The van der Waals surface area contributed by atoms with Crippen LogP contribution in [0.2, 0.25) is 0 Å². The van der Waals surface area contributed by atoms with E-state index >= 15 is 0 Å². The molecule has 0 aliphatic rings. The Bertz CT molecular complexity index is 1330. The molecule has 0 spiro atoms. The van der Waals surface area contributed by atoms with Gasteiger partial charge in [-0.2, -0.15) is 13.2 Å². The fraction of sp³-hybridized carbons (Fsp3) is 0.0870. The molecule has 0 radical (unpaired) electrons. The summed E-state index contributed by atoms with van der Waals surface area (Å²) in [5, 5.41) is 3.16. The SMILES string of the molecule is COC(=O)c1ccc(NC(=O)c2cccc3ccc(-c4cccc(C(F)(F)F)c4)nc23)o1. The molecule has 0 saturated heterocycles. The van der Waals surface area contributed by atoms with E-state index in [1.807, 2.05) is 0 Å². The van der Waals surface area contributed by atoms with Crippen LogP contribution in [-0.2, 0) is 10.9 Å². The summed E-state index contributed by atoms with van der Waals surface area (Å²) >= 11 is 0. The van der Waals surface area contributed by atoms with Crippen LogP contribution in [0.5, 0.6) is 0 Å². The number of carbonyl (C=O) groups is 2. The van der Waals surface area contributed by atoms with Crippen LogP contribution in [0.1, 0.15) is 26.5 Å². The number of hydrogen-bond donors (Lipinski definition) is 1. The summed E-state index contributed by atoms with van der Waals surface area (Å²) in [6, 6.07) is 15.8. The van der Waals surface area contributed by atoms with Crippen molar-refractivity contribution >= 4 is 28.7 Å². The number of para-hydroxylation sites is 1. The molecule has 9 heteroatoms. The van der Waals surface area contributed by atoms with E-state index in [2.05, 4.69) is 15.0 Å². The highest BCUT2D eigenvalue weighted by Gasteiger charge is 2.30. The van der Waals surface area contributed by atoms with E-state index in [1.165, 1.54) is 37.4 Å². The second-order valence-electron chi connectivity index (χ2n) is 6.76. The average Bonchev–Trinajstić information content (AvgIpc) is 3.25. The first kappa shape index (κ1) is 21.1. The smallest absolute Gasteiger partial charge is 0.416 e. The van der Waals surface area contributed by atoms with Crippen molar-refractivity contribution in [3.05, 3.63) is 83.6 Å². The average molecular weight is 440 g/mol. The van der Waals surface area contributed by atoms with Gasteiger partial charge >= 0.3 is 12.1 Å². The number of halogens is 3. The van der Waals surface area contributed by atoms with Gasteiger partial charge in [0.1, 0.15) is 0 Å². The quantitative estimate of drug-likeness (QED) is 0.421. The van der Waals surface area contributed by atoms with Crippen LogP contribution < -0.4 is 5.32 Å². The second-order valence-corrected chi connectivity index (χ2v) is 6.76. The van der Waals surface area contributed by atoms with E-state index < -0.39 is 23.6 Å². The number of ether oxygens (including phenoxy) is 1. The Morgan fingerprint density at radius 1 is 1.00 bits per heavy atom. The number of benzene rings is 2. The number of carbonyl (C=O) groups excluding carboxylic acids is 2. The summed E-state index contributed by atoms with van der Waals surface area (Å²) in [7, 11) is 1.20. The second kappa shape index (κ2) is 8.18. The zero-order valence-corrected chi connectivity index (χ0v) is 16.6. The van der Waals surface area contributed by atoms with E-state index in [1.54, 1.807) is 24.3 Å². The molecular formula is C23H15F3N2O4. The minimum atomic E-state index is -4.48. The van der Waals surface area contributed by atoms with Crippen molar-refractivity contribution in [2.45, 2.75) is 6.18 Å². The zero-order valence-electron chi connectivity index (χ0n) is 16.6. The molecule has 0 aliphatic carbocycles. The molecule has 0 bridgehead atoms. The number of anilines is 1. The van der Waals surface area contributed by atoms with E-state index in [0.29, 0.717) is 10.9 Å². The normalized spacial score (nSPS) is 11.4. The number of pyridine rings is 1. The molecule has 2 heterocycles. The van der Waals surface area contributed by atoms with Crippen LogP contribution in [0.4, 0.5) is 19.1 Å². The molecule has 0 saturated carbocycles. The molecule has 0 aliphatic heterocycles. The van der Waals surface area contributed by atoms with Gasteiger partial charge in [-0.3, -0.25) is 10.1 Å². The number of nitrogens with one attached hydrogen (secondary N) is 1. The first-order valence-electron chi connectivity index (χ1n) is 9.33. The number of rotatable bonds is 4. The van der Waals surface area contributed by atoms with Gasteiger partial charge in [0, 0.05) is 17.0 Å². The van der Waals surface area contributed by atoms with Gasteiger partial charge in [-0.15, -0.1) is 0 Å². The predicted octanol–water partition coefficient (Wildman–Crippen LogP) is 5.55. The standard InChI is InChI=1S/C23H15F3N2O4/c1-31-22(30)18-10-11-19(32-18)28-21(29)16-7-3-4-13-8-9-17(27-20(13)16)14-5-2-6-15(12-14)23(24,25)26/h2-12H,1H3,(H,28,29). The number of methoxy groups -OCH3 is 1. The Hall–Kier alpha value is -4.14. The van der Waals surface area contributed by atoms with Crippen molar-refractivity contribution in [2.75, 3.05) is 12.4 Å². The highest BCUT2D eigenvalue weighted by molar-refractivity contribution is 6.11. The lowest BCUT2D eigenvalue weighted by molar-refractivity contribution is -0.137. The maximum atomic E-state index is 13.1. The minimum Gasteiger partial charge on any atom is -0.463 e. The van der Waals surface area contributed by atoms with E-state index in [4.69, 9.17) is 4.42 Å². The zero-order chi connectivity index (χ0) is 22.9. The summed E-state index contributed by atoms with van der Waals surface area (Å²) in [6.07, 6.45) is -4.48. The number of furan rings is 1. The largest absolute Gasteiger partial charge is 0.463 e. The van der Waals surface area contributed by atoms with Crippen molar-refractivity contribution in [3.63, 3.8) is 0 Å². The first-order valence-corrected chi connectivity index (χ1v) is 9.33. The third-order valence-electron chi connectivity index (χ3n) is 4.68. The Morgan fingerprint density at radius 3 is 2.53 bits per heavy atom. The first-order chi connectivity index (χ1) is 15.3. The monoisotopic (exact) mass is 440 g/mol. The van der Waals surface area contributed by atoms with E-state index in [-0.39, 0.29) is 28.5 Å². The van der Waals surface area contributed by atoms with Gasteiger partial charge < -0.3 is 9.15 Å². The maximum absolute atomic E-state index is 13.1. The number of esters is 1. The third-order valence-corrected chi connectivity index (χ3v) is 4.68. The summed E-state index contributed by atoms with van der Waals surface area (Å²) in [4.78, 5) is 28.8.